The number of methoxy groups -OCH3 is 1. The van der Waals surface area contributed by atoms with Gasteiger partial charge >= 0.3 is 0 Å². The molecule has 0 spiro atoms. The Morgan fingerprint density at radius 1 is 1.25 bits per heavy atom. The van der Waals surface area contributed by atoms with Gasteiger partial charge in [0.2, 0.25) is 0 Å². The largest absolute Gasteiger partial charge is 0.381 e. The highest BCUT2D eigenvalue weighted by Crippen LogP contribution is 2.23. The highest BCUT2D eigenvalue weighted by molar-refractivity contribution is 5.75. The molecule has 1 aliphatic carbocycles. The predicted octanol–water partition coefficient (Wildman–Crippen LogP) is 2.72. The molecule has 0 aromatic heterocycles. The van der Waals surface area contributed by atoms with Gasteiger partial charge in [0.15, 0.2) is 0 Å². The van der Waals surface area contributed by atoms with Crippen molar-refractivity contribution in [2.24, 2.45) is 0 Å². The SMILES string of the molecule is COC1CCCC(OCCCCC(C)=O)C1. The minimum absolute atomic E-state index is 0.275. The lowest BCUT2D eigenvalue weighted by Gasteiger charge is -2.28. The Morgan fingerprint density at radius 3 is 2.69 bits per heavy atom. The first-order chi connectivity index (χ1) is 7.72. The molecule has 0 aromatic carbocycles. The van der Waals surface area contributed by atoms with Crippen LogP contribution < -0.4 is 0 Å². The van der Waals surface area contributed by atoms with Crippen molar-refractivity contribution in [3.05, 3.63) is 0 Å². The lowest BCUT2D eigenvalue weighted by molar-refractivity contribution is -0.117. The molecule has 0 aliphatic heterocycles. The summed E-state index contributed by atoms with van der Waals surface area (Å²) in [4.78, 5) is 10.7. The summed E-state index contributed by atoms with van der Waals surface area (Å²) in [5.41, 5.74) is 0. The maximum atomic E-state index is 10.7. The highest BCUT2D eigenvalue weighted by Gasteiger charge is 2.21. The number of Topliss-reactive ketones (excluding diaryl/α,β-unsaturated/α-hetero) is 1. The lowest BCUT2D eigenvalue weighted by Crippen LogP contribution is -2.27. The summed E-state index contributed by atoms with van der Waals surface area (Å²) in [6.45, 7) is 2.43. The average molecular weight is 228 g/mol. The van der Waals surface area contributed by atoms with Crippen molar-refractivity contribution >= 4 is 5.78 Å². The topological polar surface area (TPSA) is 35.5 Å². The van der Waals surface area contributed by atoms with E-state index in [0.29, 0.717) is 18.6 Å². The van der Waals surface area contributed by atoms with Gasteiger partial charge in [-0.25, -0.2) is 0 Å². The molecule has 1 aliphatic rings. The molecule has 0 aromatic rings. The molecule has 0 N–H and O–H groups in total. The zero-order valence-electron chi connectivity index (χ0n) is 10.5. The van der Waals surface area contributed by atoms with Crippen LogP contribution in [-0.2, 0) is 14.3 Å². The molecule has 0 bridgehead atoms. The van der Waals surface area contributed by atoms with Crippen LogP contribution in [0, 0.1) is 0 Å². The summed E-state index contributed by atoms with van der Waals surface area (Å²) in [5, 5.41) is 0. The molecular formula is C13H24O3. The predicted molar refractivity (Wildman–Crippen MR) is 63.5 cm³/mol. The van der Waals surface area contributed by atoms with Crippen molar-refractivity contribution in [3.63, 3.8) is 0 Å². The van der Waals surface area contributed by atoms with Crippen LogP contribution in [0.4, 0.5) is 0 Å². The highest BCUT2D eigenvalue weighted by atomic mass is 16.5. The summed E-state index contributed by atoms with van der Waals surface area (Å²) in [7, 11) is 1.78. The summed E-state index contributed by atoms with van der Waals surface area (Å²) in [5.74, 6) is 0.275. The summed E-state index contributed by atoms with van der Waals surface area (Å²) in [6, 6.07) is 0. The fraction of sp³-hybridized carbons (Fsp3) is 0.923. The molecule has 1 saturated carbocycles. The van der Waals surface area contributed by atoms with E-state index in [4.69, 9.17) is 9.47 Å². The standard InChI is InChI=1S/C13H24O3/c1-11(14)6-3-4-9-16-13-8-5-7-12(10-13)15-2/h12-13H,3-10H2,1-2H3. The number of carbonyl (C=O) groups is 1. The van der Waals surface area contributed by atoms with Gasteiger partial charge in [-0.05, 0) is 45.4 Å². The van der Waals surface area contributed by atoms with E-state index in [-0.39, 0.29) is 5.78 Å². The number of unbranched alkanes of at least 4 members (excludes halogenated alkanes) is 1. The zero-order valence-corrected chi connectivity index (χ0v) is 10.5. The van der Waals surface area contributed by atoms with Gasteiger partial charge in [0, 0.05) is 20.1 Å². The molecule has 0 saturated heterocycles. The van der Waals surface area contributed by atoms with E-state index >= 15 is 0 Å². The van der Waals surface area contributed by atoms with Gasteiger partial charge < -0.3 is 14.3 Å². The first-order valence-corrected chi connectivity index (χ1v) is 6.36. The van der Waals surface area contributed by atoms with Crippen LogP contribution in [0.2, 0.25) is 0 Å². The van der Waals surface area contributed by atoms with E-state index in [1.807, 2.05) is 0 Å². The normalized spacial score (nSPS) is 25.6. The molecule has 0 heterocycles. The van der Waals surface area contributed by atoms with E-state index in [1.54, 1.807) is 14.0 Å². The third-order valence-corrected chi connectivity index (χ3v) is 3.19. The molecular weight excluding hydrogens is 204 g/mol. The second-order valence-corrected chi connectivity index (χ2v) is 4.68. The molecule has 2 unspecified atom stereocenters. The quantitative estimate of drug-likeness (QED) is 0.628. The van der Waals surface area contributed by atoms with E-state index in [2.05, 4.69) is 0 Å². The fourth-order valence-electron chi connectivity index (χ4n) is 2.19. The number of ether oxygens (including phenoxy) is 2. The van der Waals surface area contributed by atoms with E-state index in [9.17, 15) is 4.79 Å². The minimum atomic E-state index is 0.275. The van der Waals surface area contributed by atoms with E-state index < -0.39 is 0 Å². The molecule has 1 rings (SSSR count). The maximum Gasteiger partial charge on any atom is 0.129 e. The number of rotatable bonds is 7. The Balaban J connectivity index is 2.01. The van der Waals surface area contributed by atoms with Crippen LogP contribution in [-0.4, -0.2) is 31.7 Å². The molecule has 3 heteroatoms. The molecule has 0 amide bonds. The van der Waals surface area contributed by atoms with Crippen molar-refractivity contribution < 1.29 is 14.3 Å². The fourth-order valence-corrected chi connectivity index (χ4v) is 2.19. The maximum absolute atomic E-state index is 10.7. The van der Waals surface area contributed by atoms with Gasteiger partial charge in [-0.2, -0.15) is 0 Å². The molecule has 94 valence electrons. The molecule has 2 atom stereocenters. The van der Waals surface area contributed by atoms with Crippen molar-refractivity contribution in [2.75, 3.05) is 13.7 Å². The van der Waals surface area contributed by atoms with Crippen LogP contribution in [0.1, 0.15) is 51.9 Å². The zero-order chi connectivity index (χ0) is 11.8. The Bertz CT molecular complexity index is 203. The van der Waals surface area contributed by atoms with Crippen LogP contribution in [0.5, 0.6) is 0 Å². The van der Waals surface area contributed by atoms with Gasteiger partial charge in [-0.1, -0.05) is 0 Å². The average Bonchev–Trinajstić information content (AvgIpc) is 2.28. The van der Waals surface area contributed by atoms with Crippen molar-refractivity contribution in [1.29, 1.82) is 0 Å². The lowest BCUT2D eigenvalue weighted by atomic mass is 9.95. The van der Waals surface area contributed by atoms with Gasteiger partial charge in [-0.15, -0.1) is 0 Å². The first-order valence-electron chi connectivity index (χ1n) is 6.36. The summed E-state index contributed by atoms with van der Waals surface area (Å²) >= 11 is 0. The van der Waals surface area contributed by atoms with Gasteiger partial charge in [0.1, 0.15) is 5.78 Å². The number of ketones is 1. The third-order valence-electron chi connectivity index (χ3n) is 3.19. The Labute approximate surface area is 98.5 Å². The van der Waals surface area contributed by atoms with Crippen molar-refractivity contribution in [2.45, 2.75) is 64.1 Å². The van der Waals surface area contributed by atoms with Crippen LogP contribution in [0.3, 0.4) is 0 Å². The smallest absolute Gasteiger partial charge is 0.129 e. The number of hydrogen-bond donors (Lipinski definition) is 0. The minimum Gasteiger partial charge on any atom is -0.381 e. The second kappa shape index (κ2) is 7.80. The van der Waals surface area contributed by atoms with Crippen molar-refractivity contribution in [1.82, 2.24) is 0 Å². The Hall–Kier alpha value is -0.410. The molecule has 3 nitrogen and oxygen atoms in total. The second-order valence-electron chi connectivity index (χ2n) is 4.68. The van der Waals surface area contributed by atoms with Gasteiger partial charge in [0.25, 0.3) is 0 Å². The number of hydrogen-bond acceptors (Lipinski definition) is 3. The van der Waals surface area contributed by atoms with Crippen molar-refractivity contribution in [3.8, 4) is 0 Å². The van der Waals surface area contributed by atoms with Crippen LogP contribution in [0.15, 0.2) is 0 Å². The first kappa shape index (κ1) is 13.7. The number of carbonyl (C=O) groups excluding carboxylic acids is 1. The third kappa shape index (κ3) is 5.61. The molecule has 16 heavy (non-hydrogen) atoms. The summed E-state index contributed by atoms with van der Waals surface area (Å²) in [6.07, 6.45) is 7.96. The van der Waals surface area contributed by atoms with Gasteiger partial charge in [-0.3, -0.25) is 0 Å². The van der Waals surface area contributed by atoms with E-state index in [0.717, 1.165) is 32.3 Å². The summed E-state index contributed by atoms with van der Waals surface area (Å²) < 4.78 is 11.2. The monoisotopic (exact) mass is 228 g/mol. The Morgan fingerprint density at radius 2 is 2.00 bits per heavy atom. The van der Waals surface area contributed by atoms with Crippen LogP contribution >= 0.6 is 0 Å². The molecule has 1 fully saturated rings. The molecule has 0 radical (unpaired) electrons. The van der Waals surface area contributed by atoms with E-state index in [1.165, 1.54) is 12.8 Å². The van der Waals surface area contributed by atoms with Gasteiger partial charge in [0.05, 0.1) is 12.2 Å². The van der Waals surface area contributed by atoms with Crippen LogP contribution in [0.25, 0.3) is 0 Å². The Kier molecular flexibility index (Phi) is 6.65.